The lowest BCUT2D eigenvalue weighted by molar-refractivity contribution is -0.137. The summed E-state index contributed by atoms with van der Waals surface area (Å²) in [6.45, 7) is 2.43. The average molecular weight is 376 g/mol. The van der Waals surface area contributed by atoms with Crippen molar-refractivity contribution in [2.75, 3.05) is 19.0 Å². The third-order valence-electron chi connectivity index (χ3n) is 4.65. The maximum Gasteiger partial charge on any atom is 0.243 e. The topological polar surface area (TPSA) is 108 Å². The van der Waals surface area contributed by atoms with E-state index in [1.54, 1.807) is 11.8 Å². The second kappa shape index (κ2) is 8.11. The molecule has 140 valence electrons. The summed E-state index contributed by atoms with van der Waals surface area (Å²) in [5, 5.41) is 15.9. The lowest BCUT2D eigenvalue weighted by Gasteiger charge is -2.23. The second-order valence-corrected chi connectivity index (χ2v) is 7.48. The number of allylic oxidation sites excluding steroid dienone is 1. The SMILES string of the molecule is CC1=C(c2ccc(CNC(=O)[C@@H]3C[C@@H](O)CN3C(=O)CN)cc2)SCN1. The van der Waals surface area contributed by atoms with Crippen LogP contribution in [0.25, 0.3) is 4.91 Å². The molecular formula is C18H24N4O3S. The summed E-state index contributed by atoms with van der Waals surface area (Å²) in [6.07, 6.45) is -0.441. The molecule has 1 fully saturated rings. The van der Waals surface area contributed by atoms with Crippen LogP contribution in [0.3, 0.4) is 0 Å². The van der Waals surface area contributed by atoms with E-state index in [0.717, 1.165) is 17.0 Å². The highest BCUT2D eigenvalue weighted by Gasteiger charge is 2.38. The van der Waals surface area contributed by atoms with E-state index >= 15 is 0 Å². The molecule has 3 rings (SSSR count). The van der Waals surface area contributed by atoms with Crippen LogP contribution in [-0.4, -0.2) is 52.9 Å². The van der Waals surface area contributed by atoms with Crippen LogP contribution in [-0.2, 0) is 16.1 Å². The predicted molar refractivity (Wildman–Crippen MR) is 102 cm³/mol. The van der Waals surface area contributed by atoms with Gasteiger partial charge in [-0.3, -0.25) is 9.59 Å². The van der Waals surface area contributed by atoms with E-state index in [1.807, 2.05) is 24.3 Å². The van der Waals surface area contributed by atoms with E-state index < -0.39 is 12.1 Å². The minimum atomic E-state index is -0.686. The molecule has 1 saturated heterocycles. The van der Waals surface area contributed by atoms with Gasteiger partial charge in [0.15, 0.2) is 0 Å². The Hall–Kier alpha value is -2.03. The number of aliphatic hydroxyl groups is 1. The monoisotopic (exact) mass is 376 g/mol. The standard InChI is InChI=1S/C18H24N4O3S/c1-11-17(26-10-21-11)13-4-2-12(3-5-13)8-20-18(25)15-6-14(23)9-22(15)16(24)7-19/h2-5,14-15,21,23H,6-10,19H2,1H3,(H,20,25)/t14-,15+/m1/s1. The Morgan fingerprint density at radius 2 is 2.12 bits per heavy atom. The van der Waals surface area contributed by atoms with Crippen molar-refractivity contribution in [3.05, 3.63) is 41.1 Å². The molecule has 2 amide bonds. The lowest BCUT2D eigenvalue weighted by Crippen LogP contribution is -2.47. The van der Waals surface area contributed by atoms with E-state index in [2.05, 4.69) is 17.6 Å². The number of β-amino-alcohol motifs (C(OH)–C–C–N with tert-alkyl or cyclic N) is 1. The zero-order valence-corrected chi connectivity index (χ0v) is 15.5. The molecule has 1 aromatic rings. The minimum absolute atomic E-state index is 0.156. The molecular weight excluding hydrogens is 352 g/mol. The Bertz CT molecular complexity index is 720. The third kappa shape index (κ3) is 4.03. The van der Waals surface area contributed by atoms with E-state index in [-0.39, 0.29) is 31.3 Å². The highest BCUT2D eigenvalue weighted by Crippen LogP contribution is 2.33. The first kappa shape index (κ1) is 18.8. The Morgan fingerprint density at radius 1 is 1.38 bits per heavy atom. The second-order valence-electron chi connectivity index (χ2n) is 6.49. The number of benzene rings is 1. The fraction of sp³-hybridized carbons (Fsp3) is 0.444. The molecule has 0 radical (unpaired) electrons. The molecule has 2 aliphatic rings. The summed E-state index contributed by atoms with van der Waals surface area (Å²) in [6, 6.07) is 7.41. The maximum absolute atomic E-state index is 12.4. The van der Waals surface area contributed by atoms with Crippen LogP contribution in [0, 0.1) is 0 Å². The quantitative estimate of drug-likeness (QED) is 0.585. The van der Waals surface area contributed by atoms with Gasteiger partial charge in [0.2, 0.25) is 11.8 Å². The van der Waals surface area contributed by atoms with Crippen molar-refractivity contribution in [1.29, 1.82) is 0 Å². The molecule has 0 spiro atoms. The summed E-state index contributed by atoms with van der Waals surface area (Å²) >= 11 is 1.78. The number of aliphatic hydroxyl groups excluding tert-OH is 1. The number of hydrogen-bond donors (Lipinski definition) is 4. The molecule has 5 N–H and O–H groups in total. The van der Waals surface area contributed by atoms with Gasteiger partial charge in [0.05, 0.1) is 18.5 Å². The van der Waals surface area contributed by atoms with Crippen LogP contribution in [0.4, 0.5) is 0 Å². The van der Waals surface area contributed by atoms with Gasteiger partial charge in [-0.15, -0.1) is 11.8 Å². The summed E-state index contributed by atoms with van der Waals surface area (Å²) in [5.41, 5.74) is 8.70. The van der Waals surface area contributed by atoms with Crippen LogP contribution in [0.5, 0.6) is 0 Å². The van der Waals surface area contributed by atoms with Gasteiger partial charge in [-0.2, -0.15) is 0 Å². The molecule has 8 heteroatoms. The van der Waals surface area contributed by atoms with Crippen molar-refractivity contribution >= 4 is 28.5 Å². The van der Waals surface area contributed by atoms with Crippen molar-refractivity contribution in [3.63, 3.8) is 0 Å². The van der Waals surface area contributed by atoms with Crippen LogP contribution >= 0.6 is 11.8 Å². The van der Waals surface area contributed by atoms with Crippen LogP contribution < -0.4 is 16.4 Å². The number of carbonyl (C=O) groups excluding carboxylic acids is 2. The number of thioether (sulfide) groups is 1. The molecule has 2 aliphatic heterocycles. The molecule has 1 aromatic carbocycles. The fourth-order valence-corrected chi connectivity index (χ4v) is 4.27. The molecule has 0 unspecified atom stereocenters. The Kier molecular flexibility index (Phi) is 5.85. The summed E-state index contributed by atoms with van der Waals surface area (Å²) < 4.78 is 0. The molecule has 0 aliphatic carbocycles. The van der Waals surface area contributed by atoms with E-state index in [4.69, 9.17) is 5.73 Å². The smallest absolute Gasteiger partial charge is 0.243 e. The Morgan fingerprint density at radius 3 is 2.73 bits per heavy atom. The molecule has 7 nitrogen and oxygen atoms in total. The van der Waals surface area contributed by atoms with E-state index in [1.165, 1.54) is 15.5 Å². The number of nitrogens with zero attached hydrogens (tertiary/aromatic N) is 1. The predicted octanol–water partition coefficient (Wildman–Crippen LogP) is 0.206. The zero-order chi connectivity index (χ0) is 18.7. The molecule has 0 saturated carbocycles. The Balaban J connectivity index is 1.59. The third-order valence-corrected chi connectivity index (χ3v) is 5.77. The largest absolute Gasteiger partial charge is 0.391 e. The summed E-state index contributed by atoms with van der Waals surface area (Å²) in [7, 11) is 0. The molecule has 2 atom stereocenters. The van der Waals surface area contributed by atoms with Gasteiger partial charge in [0.25, 0.3) is 0 Å². The number of likely N-dealkylation sites (tertiary alicyclic amines) is 1. The van der Waals surface area contributed by atoms with Gasteiger partial charge in [-0.25, -0.2) is 0 Å². The van der Waals surface area contributed by atoms with Crippen molar-refractivity contribution in [3.8, 4) is 0 Å². The van der Waals surface area contributed by atoms with E-state index in [0.29, 0.717) is 6.54 Å². The average Bonchev–Trinajstić information content (AvgIpc) is 3.25. The zero-order valence-electron chi connectivity index (χ0n) is 14.7. The van der Waals surface area contributed by atoms with E-state index in [9.17, 15) is 14.7 Å². The maximum atomic E-state index is 12.4. The van der Waals surface area contributed by atoms with Gasteiger partial charge in [0, 0.05) is 30.1 Å². The van der Waals surface area contributed by atoms with Crippen LogP contribution in [0.15, 0.2) is 30.0 Å². The molecule has 26 heavy (non-hydrogen) atoms. The van der Waals surface area contributed by atoms with Crippen LogP contribution in [0.2, 0.25) is 0 Å². The van der Waals surface area contributed by atoms with Crippen molar-refractivity contribution in [1.82, 2.24) is 15.5 Å². The lowest BCUT2D eigenvalue weighted by atomic mass is 10.1. The fourth-order valence-electron chi connectivity index (χ4n) is 3.24. The number of nitrogens with one attached hydrogen (secondary N) is 2. The van der Waals surface area contributed by atoms with Crippen molar-refractivity contribution in [2.45, 2.75) is 32.0 Å². The van der Waals surface area contributed by atoms with Crippen LogP contribution in [0.1, 0.15) is 24.5 Å². The van der Waals surface area contributed by atoms with Gasteiger partial charge in [0.1, 0.15) is 6.04 Å². The number of nitrogens with two attached hydrogens (primary N) is 1. The summed E-state index contributed by atoms with van der Waals surface area (Å²) in [5.74, 6) is 0.309. The molecule has 2 heterocycles. The van der Waals surface area contributed by atoms with Gasteiger partial charge in [-0.05, 0) is 18.1 Å². The first-order valence-electron chi connectivity index (χ1n) is 8.61. The highest BCUT2D eigenvalue weighted by atomic mass is 32.2. The number of rotatable bonds is 5. The minimum Gasteiger partial charge on any atom is -0.391 e. The number of amides is 2. The first-order valence-corrected chi connectivity index (χ1v) is 9.60. The van der Waals surface area contributed by atoms with Crippen molar-refractivity contribution in [2.24, 2.45) is 5.73 Å². The number of carbonyl (C=O) groups is 2. The molecule has 0 aromatic heterocycles. The number of hydrogen-bond acceptors (Lipinski definition) is 6. The van der Waals surface area contributed by atoms with Gasteiger partial charge < -0.3 is 26.4 Å². The Labute approximate surface area is 157 Å². The summed E-state index contributed by atoms with van der Waals surface area (Å²) in [4.78, 5) is 26.9. The normalized spacial score (nSPS) is 22.5. The van der Waals surface area contributed by atoms with Gasteiger partial charge in [-0.1, -0.05) is 24.3 Å². The van der Waals surface area contributed by atoms with Gasteiger partial charge >= 0.3 is 0 Å². The first-order chi connectivity index (χ1) is 12.5. The van der Waals surface area contributed by atoms with Crippen molar-refractivity contribution < 1.29 is 14.7 Å². The highest BCUT2D eigenvalue weighted by molar-refractivity contribution is 8.08. The molecule has 0 bridgehead atoms.